The van der Waals surface area contributed by atoms with Gasteiger partial charge in [0.2, 0.25) is 0 Å². The highest BCUT2D eigenvalue weighted by molar-refractivity contribution is 7.90. The van der Waals surface area contributed by atoms with E-state index >= 15 is 0 Å². The van der Waals surface area contributed by atoms with Crippen LogP contribution < -0.4 is 5.73 Å². The minimum atomic E-state index is -3.62. The van der Waals surface area contributed by atoms with E-state index in [4.69, 9.17) is 5.73 Å². The molecule has 0 saturated heterocycles. The summed E-state index contributed by atoms with van der Waals surface area (Å²) in [6.45, 7) is 3.75. The van der Waals surface area contributed by atoms with Crippen LogP contribution in [0.1, 0.15) is 16.7 Å². The van der Waals surface area contributed by atoms with Gasteiger partial charge in [0.05, 0.1) is 10.6 Å². The molecule has 0 aliphatic heterocycles. The Morgan fingerprint density at radius 2 is 1.80 bits per heavy atom. The number of sulfone groups is 1. The molecular weight excluding hydrogens is 277 g/mol. The van der Waals surface area contributed by atoms with Gasteiger partial charge in [0.15, 0.2) is 9.84 Å². The van der Waals surface area contributed by atoms with E-state index in [2.05, 4.69) is 0 Å². The maximum Gasteiger partial charge on any atom is 0.182 e. The topological polar surface area (TPSA) is 60.2 Å². The number of halogens is 1. The van der Waals surface area contributed by atoms with E-state index in [0.717, 1.165) is 23.3 Å². The predicted molar refractivity (Wildman–Crippen MR) is 77.6 cm³/mol. The summed E-state index contributed by atoms with van der Waals surface area (Å²) < 4.78 is 38.0. The van der Waals surface area contributed by atoms with E-state index in [0.29, 0.717) is 5.56 Å². The van der Waals surface area contributed by atoms with Gasteiger partial charge in [-0.15, -0.1) is 0 Å². The Labute approximate surface area is 118 Å². The highest BCUT2D eigenvalue weighted by Crippen LogP contribution is 2.22. The standard InChI is InChI=1S/C15H16FNO2S/c1-10-3-4-11(2)12(5-10)9-20(18,19)15-7-13(16)6-14(17)8-15/h3-8H,9,17H2,1-2H3. The first-order chi connectivity index (χ1) is 9.28. The summed E-state index contributed by atoms with van der Waals surface area (Å²) in [5.41, 5.74) is 8.19. The fourth-order valence-corrected chi connectivity index (χ4v) is 3.50. The normalized spacial score (nSPS) is 11.6. The summed E-state index contributed by atoms with van der Waals surface area (Å²) in [5.74, 6) is -0.812. The smallest absolute Gasteiger partial charge is 0.182 e. The van der Waals surface area contributed by atoms with Crippen LogP contribution in [0.2, 0.25) is 0 Å². The Bertz CT molecular complexity index is 734. The van der Waals surface area contributed by atoms with Crippen LogP contribution in [0.5, 0.6) is 0 Å². The number of nitrogen functional groups attached to an aromatic ring is 1. The molecule has 0 aromatic heterocycles. The van der Waals surface area contributed by atoms with Crippen LogP contribution in [0.15, 0.2) is 41.3 Å². The molecule has 0 unspecified atom stereocenters. The minimum absolute atomic E-state index is 0.0871. The van der Waals surface area contributed by atoms with Gasteiger partial charge < -0.3 is 5.73 Å². The average molecular weight is 293 g/mol. The number of hydrogen-bond acceptors (Lipinski definition) is 3. The van der Waals surface area contributed by atoms with Gasteiger partial charge >= 0.3 is 0 Å². The zero-order valence-corrected chi connectivity index (χ0v) is 12.2. The second kappa shape index (κ2) is 5.25. The van der Waals surface area contributed by atoms with E-state index in [1.54, 1.807) is 0 Å². The molecule has 106 valence electrons. The number of anilines is 1. The zero-order valence-electron chi connectivity index (χ0n) is 11.4. The molecular formula is C15H16FNO2S. The Hall–Kier alpha value is -1.88. The van der Waals surface area contributed by atoms with Crippen molar-refractivity contribution in [2.45, 2.75) is 24.5 Å². The lowest BCUT2D eigenvalue weighted by Crippen LogP contribution is -2.07. The number of hydrogen-bond donors (Lipinski definition) is 1. The molecule has 2 rings (SSSR count). The monoisotopic (exact) mass is 293 g/mol. The molecule has 5 heteroatoms. The Morgan fingerprint density at radius 1 is 1.10 bits per heavy atom. The molecule has 0 amide bonds. The minimum Gasteiger partial charge on any atom is -0.399 e. The first-order valence-corrected chi connectivity index (χ1v) is 7.78. The molecule has 0 heterocycles. The summed E-state index contributed by atoms with van der Waals surface area (Å²) in [6, 6.07) is 9.00. The third-order valence-corrected chi connectivity index (χ3v) is 4.75. The lowest BCUT2D eigenvalue weighted by molar-refractivity contribution is 0.590. The summed E-state index contributed by atoms with van der Waals surface area (Å²) in [5, 5.41) is 0. The Kier molecular flexibility index (Phi) is 3.81. The van der Waals surface area contributed by atoms with Gasteiger partial charge in [-0.25, -0.2) is 12.8 Å². The third kappa shape index (κ3) is 3.17. The van der Waals surface area contributed by atoms with Crippen molar-refractivity contribution in [3.05, 3.63) is 58.9 Å². The van der Waals surface area contributed by atoms with Gasteiger partial charge in [0, 0.05) is 5.69 Å². The number of nitrogens with two attached hydrogens (primary N) is 1. The van der Waals surface area contributed by atoms with Crippen molar-refractivity contribution in [3.63, 3.8) is 0 Å². The van der Waals surface area contributed by atoms with Gasteiger partial charge in [-0.05, 0) is 43.2 Å². The van der Waals surface area contributed by atoms with E-state index < -0.39 is 15.7 Å². The molecule has 0 radical (unpaired) electrons. The molecule has 0 aliphatic carbocycles. The predicted octanol–water partition coefficient (Wildman–Crippen LogP) is 3.00. The quantitative estimate of drug-likeness (QED) is 0.885. The Balaban J connectivity index is 2.43. The zero-order chi connectivity index (χ0) is 14.9. The molecule has 0 saturated carbocycles. The van der Waals surface area contributed by atoms with Crippen LogP contribution in [0.3, 0.4) is 0 Å². The van der Waals surface area contributed by atoms with Crippen LogP contribution in [-0.4, -0.2) is 8.42 Å². The third-order valence-electron chi connectivity index (χ3n) is 3.10. The molecule has 0 bridgehead atoms. The molecule has 0 fully saturated rings. The fourth-order valence-electron chi connectivity index (χ4n) is 2.01. The lowest BCUT2D eigenvalue weighted by atomic mass is 10.1. The Morgan fingerprint density at radius 3 is 2.45 bits per heavy atom. The highest BCUT2D eigenvalue weighted by atomic mass is 32.2. The summed E-state index contributed by atoms with van der Waals surface area (Å²) in [4.78, 5) is -0.0871. The first kappa shape index (κ1) is 14.5. The van der Waals surface area contributed by atoms with Crippen molar-refractivity contribution >= 4 is 15.5 Å². The van der Waals surface area contributed by atoms with Crippen molar-refractivity contribution in [2.24, 2.45) is 0 Å². The molecule has 2 N–H and O–H groups in total. The summed E-state index contributed by atoms with van der Waals surface area (Å²) >= 11 is 0. The van der Waals surface area contributed by atoms with Gasteiger partial charge in [0.1, 0.15) is 5.82 Å². The molecule has 2 aromatic rings. The maximum absolute atomic E-state index is 13.3. The average Bonchev–Trinajstić information content (AvgIpc) is 2.32. The van der Waals surface area contributed by atoms with Crippen LogP contribution in [0, 0.1) is 19.7 Å². The van der Waals surface area contributed by atoms with E-state index in [1.807, 2.05) is 32.0 Å². The van der Waals surface area contributed by atoms with Crippen LogP contribution in [0.25, 0.3) is 0 Å². The first-order valence-electron chi connectivity index (χ1n) is 6.13. The van der Waals surface area contributed by atoms with Crippen molar-refractivity contribution < 1.29 is 12.8 Å². The highest BCUT2D eigenvalue weighted by Gasteiger charge is 2.18. The van der Waals surface area contributed by atoms with Crippen LogP contribution in [-0.2, 0) is 15.6 Å². The number of benzene rings is 2. The van der Waals surface area contributed by atoms with Gasteiger partial charge in [0.25, 0.3) is 0 Å². The largest absolute Gasteiger partial charge is 0.399 e. The van der Waals surface area contributed by atoms with Crippen LogP contribution in [0.4, 0.5) is 10.1 Å². The molecule has 0 aliphatic rings. The SMILES string of the molecule is Cc1ccc(C)c(CS(=O)(=O)c2cc(N)cc(F)c2)c1. The lowest BCUT2D eigenvalue weighted by Gasteiger charge is -2.09. The van der Waals surface area contributed by atoms with E-state index in [1.165, 1.54) is 6.07 Å². The van der Waals surface area contributed by atoms with Gasteiger partial charge in [-0.3, -0.25) is 0 Å². The molecule has 2 aromatic carbocycles. The molecule has 20 heavy (non-hydrogen) atoms. The number of rotatable bonds is 3. The summed E-state index contributed by atoms with van der Waals surface area (Å²) in [7, 11) is -3.62. The van der Waals surface area contributed by atoms with Crippen LogP contribution >= 0.6 is 0 Å². The van der Waals surface area contributed by atoms with E-state index in [-0.39, 0.29) is 16.3 Å². The van der Waals surface area contributed by atoms with Crippen molar-refractivity contribution in [3.8, 4) is 0 Å². The summed E-state index contributed by atoms with van der Waals surface area (Å²) in [6.07, 6.45) is 0. The maximum atomic E-state index is 13.3. The van der Waals surface area contributed by atoms with Crippen molar-refractivity contribution in [1.82, 2.24) is 0 Å². The van der Waals surface area contributed by atoms with Crippen molar-refractivity contribution in [1.29, 1.82) is 0 Å². The molecule has 3 nitrogen and oxygen atoms in total. The fraction of sp³-hybridized carbons (Fsp3) is 0.200. The van der Waals surface area contributed by atoms with Crippen molar-refractivity contribution in [2.75, 3.05) is 5.73 Å². The molecule has 0 atom stereocenters. The second-order valence-corrected chi connectivity index (χ2v) is 6.90. The van der Waals surface area contributed by atoms with E-state index in [9.17, 15) is 12.8 Å². The second-order valence-electron chi connectivity index (χ2n) is 4.91. The molecule has 0 spiro atoms. The van der Waals surface area contributed by atoms with Gasteiger partial charge in [-0.2, -0.15) is 0 Å². The number of aryl methyl sites for hydroxylation is 2. The van der Waals surface area contributed by atoms with Gasteiger partial charge in [-0.1, -0.05) is 23.8 Å².